The summed E-state index contributed by atoms with van der Waals surface area (Å²) in [6, 6.07) is 9.39. The lowest BCUT2D eigenvalue weighted by Crippen LogP contribution is -2.44. The normalized spacial score (nSPS) is 13.7. The number of rotatable bonds is 11. The summed E-state index contributed by atoms with van der Waals surface area (Å²) in [6.07, 6.45) is 0. The first-order valence-corrected chi connectivity index (χ1v) is 13.4. The lowest BCUT2D eigenvalue weighted by molar-refractivity contribution is -0.120. The zero-order chi connectivity index (χ0) is 32.5. The van der Waals surface area contributed by atoms with Gasteiger partial charge in [-0.25, -0.2) is 8.78 Å². The van der Waals surface area contributed by atoms with Gasteiger partial charge in [-0.15, -0.1) is 0 Å². The molecule has 238 valence electrons. The second-order valence-corrected chi connectivity index (χ2v) is 10.5. The molecule has 1 fully saturated rings. The Bertz CT molecular complexity index is 1760. The van der Waals surface area contributed by atoms with Crippen LogP contribution in [0.4, 0.5) is 23.2 Å². The fourth-order valence-corrected chi connectivity index (χ4v) is 4.68. The van der Waals surface area contributed by atoms with Crippen LogP contribution in [0.15, 0.2) is 53.3 Å². The van der Waals surface area contributed by atoms with E-state index in [9.17, 15) is 18.4 Å². The molecule has 2 aromatic carbocycles. The standard InChI is InChI=1S/C30H28F4N4O7/c1-30(13-43-14-30)15-44-23-12-19(42-4)11-22(35-23)38-28(40)25(36-27(39)16-5-7-17(8-6-16)45-29(33)34)26(37(38)2)24-20(31)9-18(41-3)10-21(24)32/h5-12,29H,13-15H2,1-4H3,(H,36,39). The highest BCUT2D eigenvalue weighted by Gasteiger charge is 2.35. The van der Waals surface area contributed by atoms with Crippen molar-refractivity contribution in [1.29, 1.82) is 0 Å². The van der Waals surface area contributed by atoms with Crippen molar-refractivity contribution < 1.29 is 46.0 Å². The number of hydrogen-bond donors (Lipinski definition) is 1. The van der Waals surface area contributed by atoms with Gasteiger partial charge in [0.2, 0.25) is 5.88 Å². The van der Waals surface area contributed by atoms with Gasteiger partial charge in [-0.3, -0.25) is 14.3 Å². The van der Waals surface area contributed by atoms with Crippen LogP contribution in [0.2, 0.25) is 0 Å². The molecule has 0 radical (unpaired) electrons. The predicted octanol–water partition coefficient (Wildman–Crippen LogP) is 4.80. The highest BCUT2D eigenvalue weighted by Crippen LogP contribution is 2.35. The molecule has 0 spiro atoms. The zero-order valence-electron chi connectivity index (χ0n) is 24.5. The van der Waals surface area contributed by atoms with E-state index in [2.05, 4.69) is 15.0 Å². The van der Waals surface area contributed by atoms with Crippen molar-refractivity contribution in [2.75, 3.05) is 39.4 Å². The number of carbonyl (C=O) groups is 1. The van der Waals surface area contributed by atoms with Crippen LogP contribution in [-0.4, -0.2) is 60.9 Å². The van der Waals surface area contributed by atoms with Gasteiger partial charge >= 0.3 is 6.61 Å². The lowest BCUT2D eigenvalue weighted by atomic mass is 9.90. The Morgan fingerprint density at radius 3 is 2.20 bits per heavy atom. The first-order chi connectivity index (χ1) is 21.4. The molecule has 2 aromatic heterocycles. The van der Waals surface area contributed by atoms with Crippen molar-refractivity contribution in [2.45, 2.75) is 13.5 Å². The van der Waals surface area contributed by atoms with Crippen molar-refractivity contribution in [3.05, 3.63) is 76.1 Å². The average molecular weight is 633 g/mol. The maximum atomic E-state index is 15.4. The van der Waals surface area contributed by atoms with Crippen molar-refractivity contribution in [3.8, 4) is 40.2 Å². The van der Waals surface area contributed by atoms with Crippen LogP contribution in [0.3, 0.4) is 0 Å². The molecule has 1 aliphatic heterocycles. The number of benzene rings is 2. The third kappa shape index (κ3) is 6.43. The number of anilines is 1. The van der Waals surface area contributed by atoms with Gasteiger partial charge in [0.15, 0.2) is 5.82 Å². The van der Waals surface area contributed by atoms with Gasteiger partial charge in [-0.2, -0.15) is 18.4 Å². The van der Waals surface area contributed by atoms with Gasteiger partial charge in [0.1, 0.15) is 40.3 Å². The maximum absolute atomic E-state index is 15.4. The number of pyridine rings is 1. The molecule has 1 N–H and O–H groups in total. The summed E-state index contributed by atoms with van der Waals surface area (Å²) in [5, 5.41) is 2.42. The highest BCUT2D eigenvalue weighted by atomic mass is 19.3. The smallest absolute Gasteiger partial charge is 0.387 e. The number of halogens is 4. The fraction of sp³-hybridized carbons (Fsp3) is 0.300. The Hall–Kier alpha value is -5.05. The summed E-state index contributed by atoms with van der Waals surface area (Å²) >= 11 is 0. The molecule has 1 aliphatic rings. The summed E-state index contributed by atoms with van der Waals surface area (Å²) in [6.45, 7) is 0.140. The third-order valence-corrected chi connectivity index (χ3v) is 7.02. The summed E-state index contributed by atoms with van der Waals surface area (Å²) in [4.78, 5) is 31.6. The molecule has 0 saturated carbocycles. The van der Waals surface area contributed by atoms with Crippen molar-refractivity contribution in [2.24, 2.45) is 12.5 Å². The van der Waals surface area contributed by atoms with Crippen LogP contribution in [0.1, 0.15) is 17.3 Å². The minimum Gasteiger partial charge on any atom is -0.497 e. The van der Waals surface area contributed by atoms with E-state index in [-0.39, 0.29) is 52.2 Å². The molecular formula is C30H28F4N4O7. The van der Waals surface area contributed by atoms with Crippen LogP contribution >= 0.6 is 0 Å². The number of ether oxygens (including phenoxy) is 5. The zero-order valence-corrected chi connectivity index (χ0v) is 24.5. The second-order valence-electron chi connectivity index (χ2n) is 10.5. The van der Waals surface area contributed by atoms with Gasteiger partial charge < -0.3 is 29.0 Å². The van der Waals surface area contributed by atoms with Crippen LogP contribution in [0, 0.1) is 17.0 Å². The van der Waals surface area contributed by atoms with Gasteiger partial charge in [0.25, 0.3) is 11.5 Å². The number of methoxy groups -OCH3 is 2. The molecule has 3 heterocycles. The third-order valence-electron chi connectivity index (χ3n) is 7.02. The highest BCUT2D eigenvalue weighted by molar-refractivity contribution is 6.06. The molecule has 11 nitrogen and oxygen atoms in total. The molecule has 0 bridgehead atoms. The van der Waals surface area contributed by atoms with E-state index < -0.39 is 41.0 Å². The molecule has 0 unspecified atom stereocenters. The van der Waals surface area contributed by atoms with Crippen molar-refractivity contribution in [3.63, 3.8) is 0 Å². The predicted molar refractivity (Wildman–Crippen MR) is 153 cm³/mol. The van der Waals surface area contributed by atoms with E-state index in [1.54, 1.807) is 0 Å². The summed E-state index contributed by atoms with van der Waals surface area (Å²) in [5.41, 5.74) is -2.66. The molecule has 0 aliphatic carbocycles. The Kier molecular flexibility index (Phi) is 8.73. The number of alkyl halides is 2. The van der Waals surface area contributed by atoms with E-state index >= 15 is 8.78 Å². The monoisotopic (exact) mass is 632 g/mol. The van der Waals surface area contributed by atoms with Gasteiger partial charge in [-0.05, 0) is 24.3 Å². The number of hydrogen-bond acceptors (Lipinski definition) is 8. The molecule has 1 amide bonds. The minimum atomic E-state index is -3.07. The molecule has 0 atom stereocenters. The number of carbonyl (C=O) groups excluding carboxylic acids is 1. The summed E-state index contributed by atoms with van der Waals surface area (Å²) in [5.74, 6) is -3.03. The SMILES string of the molecule is COc1cc(OCC2(C)COC2)nc(-n2c(=O)c(NC(=O)c3ccc(OC(F)F)cc3)c(-c3c(F)cc(OC)cc3F)n2C)c1. The first kappa shape index (κ1) is 31.4. The number of nitrogens with one attached hydrogen (secondary N) is 1. The lowest BCUT2D eigenvalue weighted by Gasteiger charge is -2.37. The molecule has 15 heteroatoms. The summed E-state index contributed by atoms with van der Waals surface area (Å²) < 4.78 is 83.9. The van der Waals surface area contributed by atoms with E-state index in [0.717, 1.165) is 33.6 Å². The molecule has 1 saturated heterocycles. The topological polar surface area (TPSA) is 115 Å². The Balaban J connectivity index is 1.62. The Morgan fingerprint density at radius 2 is 1.64 bits per heavy atom. The maximum Gasteiger partial charge on any atom is 0.387 e. The van der Waals surface area contributed by atoms with Gasteiger partial charge in [0.05, 0.1) is 39.6 Å². The quantitative estimate of drug-likeness (QED) is 0.235. The second kappa shape index (κ2) is 12.5. The average Bonchev–Trinajstić information content (AvgIpc) is 3.22. The largest absolute Gasteiger partial charge is 0.497 e. The van der Waals surface area contributed by atoms with Gasteiger partial charge in [0, 0.05) is 42.3 Å². The van der Waals surface area contributed by atoms with Gasteiger partial charge in [-0.1, -0.05) is 6.92 Å². The van der Waals surface area contributed by atoms with Crippen molar-refractivity contribution in [1.82, 2.24) is 14.3 Å². The van der Waals surface area contributed by atoms with Crippen molar-refractivity contribution >= 4 is 11.6 Å². The Labute approximate surface area is 253 Å². The number of amides is 1. The summed E-state index contributed by atoms with van der Waals surface area (Å²) in [7, 11) is 3.98. The Morgan fingerprint density at radius 1 is 1.02 bits per heavy atom. The first-order valence-electron chi connectivity index (χ1n) is 13.4. The van der Waals surface area contributed by atoms with Crippen LogP contribution < -0.4 is 29.8 Å². The van der Waals surface area contributed by atoms with E-state index in [1.807, 2.05) is 6.92 Å². The van der Waals surface area contributed by atoms with E-state index in [0.29, 0.717) is 13.2 Å². The molecular weight excluding hydrogens is 604 g/mol. The van der Waals surface area contributed by atoms with Crippen LogP contribution in [-0.2, 0) is 11.8 Å². The minimum absolute atomic E-state index is 0.0450. The number of nitrogens with zero attached hydrogens (tertiary/aromatic N) is 3. The number of aromatic nitrogens is 3. The molecule has 4 aromatic rings. The van der Waals surface area contributed by atoms with E-state index in [1.165, 1.54) is 45.5 Å². The van der Waals surface area contributed by atoms with Crippen LogP contribution in [0.5, 0.6) is 23.1 Å². The molecule has 45 heavy (non-hydrogen) atoms. The fourth-order valence-electron chi connectivity index (χ4n) is 4.68. The van der Waals surface area contributed by atoms with E-state index in [4.69, 9.17) is 18.9 Å². The molecule has 5 rings (SSSR count). The van der Waals surface area contributed by atoms with Crippen LogP contribution in [0.25, 0.3) is 17.1 Å².